The van der Waals surface area contributed by atoms with Gasteiger partial charge in [0.25, 0.3) is 5.56 Å². The van der Waals surface area contributed by atoms with Gasteiger partial charge < -0.3 is 9.67 Å². The number of nitrogens with zero attached hydrogens (tertiary/aromatic N) is 4. The fourth-order valence-electron chi connectivity index (χ4n) is 5.53. The molecule has 212 valence electrons. The number of aromatic nitrogens is 3. The molecule has 8 heteroatoms. The molecule has 4 aromatic carbocycles. The average Bonchev–Trinajstić information content (AvgIpc) is 3.03. The first-order valence-electron chi connectivity index (χ1n) is 13.8. The molecule has 0 saturated carbocycles. The first-order chi connectivity index (χ1) is 20.8. The van der Waals surface area contributed by atoms with Crippen LogP contribution in [0, 0.1) is 12.7 Å². The van der Waals surface area contributed by atoms with Crippen LogP contribution in [0.5, 0.6) is 0 Å². The quantitative estimate of drug-likeness (QED) is 0.233. The number of rotatable bonds is 7. The molecule has 2 heterocycles. The van der Waals surface area contributed by atoms with E-state index in [0.29, 0.717) is 49.9 Å². The van der Waals surface area contributed by atoms with Crippen LogP contribution in [0.4, 0.5) is 4.39 Å². The van der Waals surface area contributed by atoms with Gasteiger partial charge in [-0.2, -0.15) is 0 Å². The molecule has 0 amide bonds. The largest absolute Gasteiger partial charge is 0.480 e. The van der Waals surface area contributed by atoms with Gasteiger partial charge in [0, 0.05) is 47.9 Å². The summed E-state index contributed by atoms with van der Waals surface area (Å²) >= 11 is 0. The van der Waals surface area contributed by atoms with E-state index in [-0.39, 0.29) is 12.0 Å². The van der Waals surface area contributed by atoms with E-state index in [9.17, 15) is 19.1 Å². The van der Waals surface area contributed by atoms with E-state index in [1.54, 1.807) is 32.2 Å². The minimum absolute atomic E-state index is 0.0495. The molecule has 0 aliphatic heterocycles. The van der Waals surface area contributed by atoms with Gasteiger partial charge in [-0.15, -0.1) is 0 Å². The zero-order chi connectivity index (χ0) is 30.1. The molecular weight excluding hydrogens is 543 g/mol. The van der Waals surface area contributed by atoms with Gasteiger partial charge in [-0.05, 0) is 36.2 Å². The van der Waals surface area contributed by atoms with Crippen LogP contribution >= 0.6 is 0 Å². The normalized spacial score (nSPS) is 11.9. The first-order valence-corrected chi connectivity index (χ1v) is 13.8. The van der Waals surface area contributed by atoms with Crippen molar-refractivity contribution in [2.24, 2.45) is 12.0 Å². The number of hydrogen-bond donors (Lipinski definition) is 1. The summed E-state index contributed by atoms with van der Waals surface area (Å²) in [5, 5.41) is 10.9. The summed E-state index contributed by atoms with van der Waals surface area (Å²) in [7, 11) is 1.65. The third-order valence-electron chi connectivity index (χ3n) is 7.67. The highest BCUT2D eigenvalue weighted by Gasteiger charge is 2.23. The number of hydrogen-bond acceptors (Lipinski definition) is 5. The van der Waals surface area contributed by atoms with E-state index in [0.717, 1.165) is 11.1 Å². The smallest absolute Gasteiger partial charge is 0.328 e. The molecule has 6 rings (SSSR count). The number of aliphatic carboxylic acids is 1. The number of benzene rings is 4. The number of carboxylic acids is 1. The molecular formula is C35H27FN4O3. The van der Waals surface area contributed by atoms with Crippen LogP contribution in [-0.4, -0.2) is 37.4 Å². The van der Waals surface area contributed by atoms with Crippen molar-refractivity contribution in [1.82, 2.24) is 14.5 Å². The highest BCUT2D eigenvalue weighted by molar-refractivity contribution is 6.13. The van der Waals surface area contributed by atoms with Gasteiger partial charge in [0.05, 0.1) is 27.8 Å². The van der Waals surface area contributed by atoms with Gasteiger partial charge in [0.15, 0.2) is 6.04 Å². The second-order valence-electron chi connectivity index (χ2n) is 10.3. The molecule has 0 saturated heterocycles. The number of pyridine rings is 1. The standard InChI is InChI=1S/C35H27FN4O3/c1-21-27-20-25(36)14-16-29(27)40(2)34(41)30(21)26-15-13-24(32-33(26)38-18-17-37-32)19-28(35(42)43)39-31(22-9-5-3-6-10-22)23-11-7-4-8-12-23/h3-18,20,28H,19H2,1-2H3,(H,42,43)/t28-/m0/s1. The SMILES string of the molecule is Cc1c(-c2ccc(C[C@H](N=C(c3ccccc3)c3ccccc3)C(=O)O)c3nccnc23)c(=O)n(C)c2ccc(F)cc12. The molecule has 7 nitrogen and oxygen atoms in total. The van der Waals surface area contributed by atoms with Gasteiger partial charge in [-0.25, -0.2) is 9.18 Å². The van der Waals surface area contributed by atoms with Gasteiger partial charge >= 0.3 is 5.97 Å². The lowest BCUT2D eigenvalue weighted by Crippen LogP contribution is -2.24. The van der Waals surface area contributed by atoms with Crippen LogP contribution in [-0.2, 0) is 18.3 Å². The van der Waals surface area contributed by atoms with Crippen LogP contribution < -0.4 is 5.56 Å². The third-order valence-corrected chi connectivity index (χ3v) is 7.67. The van der Waals surface area contributed by atoms with Crippen molar-refractivity contribution in [3.8, 4) is 11.1 Å². The molecule has 0 aliphatic rings. The summed E-state index contributed by atoms with van der Waals surface area (Å²) in [5.41, 5.74) is 5.67. The number of halogens is 1. The Morgan fingerprint density at radius 2 is 1.53 bits per heavy atom. The molecule has 0 unspecified atom stereocenters. The van der Waals surface area contributed by atoms with Crippen LogP contribution in [0.2, 0.25) is 0 Å². The average molecular weight is 571 g/mol. The van der Waals surface area contributed by atoms with Gasteiger partial charge in [0.1, 0.15) is 5.82 Å². The first kappa shape index (κ1) is 27.7. The topological polar surface area (TPSA) is 97.4 Å². The Kier molecular flexibility index (Phi) is 7.34. The minimum Gasteiger partial charge on any atom is -0.480 e. The summed E-state index contributed by atoms with van der Waals surface area (Å²) in [6, 6.07) is 25.7. The molecule has 0 fully saturated rings. The van der Waals surface area contributed by atoms with Crippen molar-refractivity contribution in [3.05, 3.63) is 142 Å². The van der Waals surface area contributed by atoms with Crippen LogP contribution in [0.3, 0.4) is 0 Å². The Hall–Kier alpha value is -5.50. The maximum Gasteiger partial charge on any atom is 0.328 e. The van der Waals surface area contributed by atoms with E-state index in [2.05, 4.69) is 9.97 Å². The highest BCUT2D eigenvalue weighted by atomic mass is 19.1. The number of carbonyl (C=O) groups is 1. The van der Waals surface area contributed by atoms with Crippen LogP contribution in [0.25, 0.3) is 33.1 Å². The lowest BCUT2D eigenvalue weighted by molar-refractivity contribution is -0.138. The number of fused-ring (bicyclic) bond motifs is 2. The van der Waals surface area contributed by atoms with Crippen molar-refractivity contribution < 1.29 is 14.3 Å². The highest BCUT2D eigenvalue weighted by Crippen LogP contribution is 2.32. The number of aryl methyl sites for hydroxylation is 2. The van der Waals surface area contributed by atoms with Gasteiger partial charge in [-0.3, -0.25) is 19.8 Å². The molecule has 1 N–H and O–H groups in total. The lowest BCUT2D eigenvalue weighted by atomic mass is 9.94. The van der Waals surface area contributed by atoms with Crippen molar-refractivity contribution in [2.45, 2.75) is 19.4 Å². The number of aliphatic imine (C=N–C) groups is 1. The predicted octanol–water partition coefficient (Wildman–Crippen LogP) is 6.13. The molecule has 0 radical (unpaired) electrons. The summed E-state index contributed by atoms with van der Waals surface area (Å²) in [6.45, 7) is 1.79. The molecule has 0 bridgehead atoms. The maximum atomic E-state index is 14.2. The Morgan fingerprint density at radius 3 is 2.16 bits per heavy atom. The molecule has 43 heavy (non-hydrogen) atoms. The fraction of sp³-hybridized carbons (Fsp3) is 0.114. The molecule has 0 aliphatic carbocycles. The van der Waals surface area contributed by atoms with Crippen LogP contribution in [0.15, 0.2) is 113 Å². The van der Waals surface area contributed by atoms with E-state index in [1.807, 2.05) is 60.7 Å². The summed E-state index contributed by atoms with van der Waals surface area (Å²) in [4.78, 5) is 40.1. The third kappa shape index (κ3) is 5.19. The lowest BCUT2D eigenvalue weighted by Gasteiger charge is -2.17. The summed E-state index contributed by atoms with van der Waals surface area (Å²) in [5.74, 6) is -1.47. The monoisotopic (exact) mass is 570 g/mol. The van der Waals surface area contributed by atoms with Crippen molar-refractivity contribution in [3.63, 3.8) is 0 Å². The summed E-state index contributed by atoms with van der Waals surface area (Å²) < 4.78 is 15.7. The zero-order valence-corrected chi connectivity index (χ0v) is 23.5. The van der Waals surface area contributed by atoms with E-state index in [1.165, 1.54) is 29.1 Å². The summed E-state index contributed by atoms with van der Waals surface area (Å²) in [6.07, 6.45) is 3.12. The molecule has 6 aromatic rings. The molecule has 1 atom stereocenters. The maximum absolute atomic E-state index is 14.2. The van der Waals surface area contributed by atoms with E-state index in [4.69, 9.17) is 4.99 Å². The second kappa shape index (κ2) is 11.4. The van der Waals surface area contributed by atoms with E-state index >= 15 is 0 Å². The zero-order valence-electron chi connectivity index (χ0n) is 23.5. The van der Waals surface area contributed by atoms with Crippen LogP contribution in [0.1, 0.15) is 22.3 Å². The van der Waals surface area contributed by atoms with Crippen molar-refractivity contribution >= 4 is 33.6 Å². The minimum atomic E-state index is -1.12. The Bertz CT molecular complexity index is 2050. The second-order valence-corrected chi connectivity index (χ2v) is 10.3. The Morgan fingerprint density at radius 1 is 0.907 bits per heavy atom. The number of carboxylic acid groups (broad SMARTS) is 1. The Labute approximate surface area is 246 Å². The molecule has 2 aromatic heterocycles. The fourth-order valence-corrected chi connectivity index (χ4v) is 5.53. The van der Waals surface area contributed by atoms with Gasteiger partial charge in [0.2, 0.25) is 0 Å². The van der Waals surface area contributed by atoms with Crippen molar-refractivity contribution in [1.29, 1.82) is 0 Å². The molecule has 0 spiro atoms. The van der Waals surface area contributed by atoms with Gasteiger partial charge in [-0.1, -0.05) is 72.8 Å². The Balaban J connectivity index is 1.49. The van der Waals surface area contributed by atoms with E-state index < -0.39 is 17.8 Å². The predicted molar refractivity (Wildman–Crippen MR) is 166 cm³/mol. The van der Waals surface area contributed by atoms with Crippen molar-refractivity contribution in [2.75, 3.05) is 0 Å².